The molecule has 0 bridgehead atoms. The van der Waals surface area contributed by atoms with Crippen molar-refractivity contribution in [2.24, 2.45) is 0 Å². The summed E-state index contributed by atoms with van der Waals surface area (Å²) in [5.41, 5.74) is 4.86. The van der Waals surface area contributed by atoms with Gasteiger partial charge in [0.25, 0.3) is 11.8 Å². The van der Waals surface area contributed by atoms with Crippen molar-refractivity contribution in [1.29, 1.82) is 0 Å². The zero-order valence-corrected chi connectivity index (χ0v) is 12.8. The van der Waals surface area contributed by atoms with E-state index in [0.29, 0.717) is 21.4 Å². The summed E-state index contributed by atoms with van der Waals surface area (Å²) in [7, 11) is 0. The molecule has 2 amide bonds. The van der Waals surface area contributed by atoms with Gasteiger partial charge < -0.3 is 4.74 Å². The van der Waals surface area contributed by atoms with E-state index in [1.54, 1.807) is 42.5 Å². The van der Waals surface area contributed by atoms with E-state index in [4.69, 9.17) is 27.9 Å². The molecule has 0 aliphatic carbocycles. The monoisotopic (exact) mass is 338 g/mol. The quantitative estimate of drug-likeness (QED) is 0.842. The van der Waals surface area contributed by atoms with Crippen LogP contribution in [0.15, 0.2) is 48.5 Å². The Morgan fingerprint density at radius 2 is 1.68 bits per heavy atom. The number of carbonyl (C=O) groups is 2. The molecule has 0 aromatic heterocycles. The minimum Gasteiger partial charge on any atom is -0.484 e. The van der Waals surface area contributed by atoms with E-state index in [-0.39, 0.29) is 6.61 Å². The number of benzene rings is 2. The first-order chi connectivity index (χ1) is 10.5. The predicted octanol–water partition coefficient (Wildman–Crippen LogP) is 2.83. The van der Waals surface area contributed by atoms with Crippen molar-refractivity contribution < 1.29 is 14.3 Å². The molecule has 5 nitrogen and oxygen atoms in total. The Hall–Kier alpha value is -2.24. The Bertz CT molecular complexity index is 675. The topological polar surface area (TPSA) is 67.4 Å². The van der Waals surface area contributed by atoms with Gasteiger partial charge in [-0.25, -0.2) is 0 Å². The second kappa shape index (κ2) is 7.68. The van der Waals surface area contributed by atoms with Gasteiger partial charge in [-0.05, 0) is 42.5 Å². The second-order valence-corrected chi connectivity index (χ2v) is 5.13. The lowest BCUT2D eigenvalue weighted by molar-refractivity contribution is -0.123. The van der Waals surface area contributed by atoms with Gasteiger partial charge in [-0.15, -0.1) is 0 Å². The van der Waals surface area contributed by atoms with Crippen LogP contribution in [-0.2, 0) is 4.79 Å². The molecule has 0 fully saturated rings. The van der Waals surface area contributed by atoms with Gasteiger partial charge in [-0.1, -0.05) is 29.3 Å². The first kappa shape index (κ1) is 16.1. The maximum atomic E-state index is 11.8. The zero-order valence-electron chi connectivity index (χ0n) is 11.3. The van der Waals surface area contributed by atoms with Crippen LogP contribution in [0, 0.1) is 0 Å². The van der Waals surface area contributed by atoms with E-state index >= 15 is 0 Å². The molecule has 0 aliphatic rings. The van der Waals surface area contributed by atoms with Gasteiger partial charge in [0.1, 0.15) is 5.75 Å². The third kappa shape index (κ3) is 4.95. The minimum atomic E-state index is -0.495. The first-order valence-corrected chi connectivity index (χ1v) is 7.03. The van der Waals surface area contributed by atoms with Gasteiger partial charge in [0.05, 0.1) is 0 Å². The van der Waals surface area contributed by atoms with Crippen molar-refractivity contribution in [3.63, 3.8) is 0 Å². The first-order valence-electron chi connectivity index (χ1n) is 6.28. The van der Waals surface area contributed by atoms with Crippen molar-refractivity contribution in [2.45, 2.75) is 0 Å². The summed E-state index contributed by atoms with van der Waals surface area (Å²) >= 11 is 11.5. The minimum absolute atomic E-state index is 0.239. The molecule has 0 heterocycles. The van der Waals surface area contributed by atoms with Crippen LogP contribution >= 0.6 is 23.2 Å². The highest BCUT2D eigenvalue weighted by atomic mass is 35.5. The summed E-state index contributed by atoms with van der Waals surface area (Å²) in [5, 5.41) is 1.01. The number of hydrogen-bond acceptors (Lipinski definition) is 3. The molecule has 0 saturated heterocycles. The summed E-state index contributed by atoms with van der Waals surface area (Å²) in [6.45, 7) is -0.239. The molecular formula is C15H12Cl2N2O3. The summed E-state index contributed by atoms with van der Waals surface area (Å²) in [6.07, 6.45) is 0. The number of halogens is 2. The molecule has 0 saturated carbocycles. The fourth-order valence-electron chi connectivity index (χ4n) is 1.54. The van der Waals surface area contributed by atoms with Crippen molar-refractivity contribution in [3.05, 3.63) is 64.1 Å². The van der Waals surface area contributed by atoms with Crippen LogP contribution in [0.4, 0.5) is 0 Å². The van der Waals surface area contributed by atoms with Crippen molar-refractivity contribution in [3.8, 4) is 5.75 Å². The SMILES string of the molecule is O=C(COc1ccc(Cl)cc1)NNC(=O)c1cccc(Cl)c1. The smallest absolute Gasteiger partial charge is 0.276 e. The summed E-state index contributed by atoms with van der Waals surface area (Å²) in [4.78, 5) is 23.4. The Balaban J connectivity index is 1.78. The van der Waals surface area contributed by atoms with Gasteiger partial charge in [0, 0.05) is 15.6 Å². The van der Waals surface area contributed by atoms with E-state index in [0.717, 1.165) is 0 Å². The van der Waals surface area contributed by atoms with Gasteiger partial charge in [0.15, 0.2) is 6.61 Å². The predicted molar refractivity (Wildman–Crippen MR) is 84.0 cm³/mol. The Kier molecular flexibility index (Phi) is 5.63. The maximum absolute atomic E-state index is 11.8. The van der Waals surface area contributed by atoms with E-state index in [1.165, 1.54) is 6.07 Å². The van der Waals surface area contributed by atoms with E-state index in [1.807, 2.05) is 0 Å². The highest BCUT2D eigenvalue weighted by Gasteiger charge is 2.08. The molecule has 22 heavy (non-hydrogen) atoms. The molecule has 0 atom stereocenters. The van der Waals surface area contributed by atoms with Crippen LogP contribution in [0.25, 0.3) is 0 Å². The third-order valence-electron chi connectivity index (χ3n) is 2.59. The number of rotatable bonds is 4. The van der Waals surface area contributed by atoms with Crippen LogP contribution < -0.4 is 15.6 Å². The Morgan fingerprint density at radius 3 is 2.36 bits per heavy atom. The number of nitrogens with one attached hydrogen (secondary N) is 2. The van der Waals surface area contributed by atoms with Crippen LogP contribution in [0.3, 0.4) is 0 Å². The van der Waals surface area contributed by atoms with Gasteiger partial charge in [-0.3, -0.25) is 20.4 Å². The van der Waals surface area contributed by atoms with Crippen molar-refractivity contribution in [1.82, 2.24) is 10.9 Å². The molecule has 2 aromatic carbocycles. The van der Waals surface area contributed by atoms with Gasteiger partial charge >= 0.3 is 0 Å². The van der Waals surface area contributed by atoms with E-state index < -0.39 is 11.8 Å². The molecule has 0 unspecified atom stereocenters. The Morgan fingerprint density at radius 1 is 0.955 bits per heavy atom. The maximum Gasteiger partial charge on any atom is 0.276 e. The molecule has 2 rings (SSSR count). The third-order valence-corrected chi connectivity index (χ3v) is 3.07. The van der Waals surface area contributed by atoms with Gasteiger partial charge in [0.2, 0.25) is 0 Å². The molecular weight excluding hydrogens is 327 g/mol. The summed E-state index contributed by atoms with van der Waals surface area (Å²) in [6, 6.07) is 12.9. The zero-order chi connectivity index (χ0) is 15.9. The fourth-order valence-corrected chi connectivity index (χ4v) is 1.86. The van der Waals surface area contributed by atoms with Crippen LogP contribution in [0.1, 0.15) is 10.4 Å². The number of hydrazine groups is 1. The number of hydrogen-bond donors (Lipinski definition) is 2. The molecule has 2 N–H and O–H groups in total. The fraction of sp³-hybridized carbons (Fsp3) is 0.0667. The van der Waals surface area contributed by atoms with E-state index in [2.05, 4.69) is 10.9 Å². The van der Waals surface area contributed by atoms with Gasteiger partial charge in [-0.2, -0.15) is 0 Å². The van der Waals surface area contributed by atoms with Crippen molar-refractivity contribution >= 4 is 35.0 Å². The molecule has 7 heteroatoms. The highest BCUT2D eigenvalue weighted by Crippen LogP contribution is 2.15. The molecule has 0 radical (unpaired) electrons. The molecule has 0 aliphatic heterocycles. The average Bonchev–Trinajstić information content (AvgIpc) is 2.52. The lowest BCUT2D eigenvalue weighted by Gasteiger charge is -2.09. The molecule has 0 spiro atoms. The van der Waals surface area contributed by atoms with Crippen LogP contribution in [0.2, 0.25) is 10.0 Å². The van der Waals surface area contributed by atoms with Crippen LogP contribution in [-0.4, -0.2) is 18.4 Å². The normalized spacial score (nSPS) is 9.91. The average molecular weight is 339 g/mol. The Labute approximate surface area is 137 Å². The summed E-state index contributed by atoms with van der Waals surface area (Å²) < 4.78 is 5.24. The standard InChI is InChI=1S/C15H12Cl2N2O3/c16-11-4-6-13(7-5-11)22-9-14(20)18-19-15(21)10-2-1-3-12(17)8-10/h1-8H,9H2,(H,18,20)(H,19,21). The highest BCUT2D eigenvalue weighted by molar-refractivity contribution is 6.31. The number of carbonyl (C=O) groups excluding carboxylic acids is 2. The molecule has 2 aromatic rings. The lowest BCUT2D eigenvalue weighted by Crippen LogP contribution is -2.43. The lowest BCUT2D eigenvalue weighted by atomic mass is 10.2. The second-order valence-electron chi connectivity index (χ2n) is 4.26. The largest absolute Gasteiger partial charge is 0.484 e. The summed E-state index contributed by atoms with van der Waals surface area (Å²) in [5.74, 6) is -0.464. The van der Waals surface area contributed by atoms with E-state index in [9.17, 15) is 9.59 Å². The van der Waals surface area contributed by atoms with Crippen molar-refractivity contribution in [2.75, 3.05) is 6.61 Å². The molecule has 114 valence electrons. The van der Waals surface area contributed by atoms with Crippen LogP contribution in [0.5, 0.6) is 5.75 Å². The number of ether oxygens (including phenoxy) is 1. The number of amides is 2.